The standard InChI is InChI=1S/C19H25ClN2O2/c20-19-21-15-13(11-7-3-1-4-8-11)17(23)14(18(24)16(15)22-19)12-9-5-2-6-10-12/h11-14H,1-10H2,(H,21,22). The number of halogens is 1. The largest absolute Gasteiger partial charge is 0.331 e. The Morgan fingerprint density at radius 2 is 1.38 bits per heavy atom. The van der Waals surface area contributed by atoms with E-state index in [2.05, 4.69) is 9.97 Å². The third-order valence-corrected chi connectivity index (χ3v) is 6.56. The van der Waals surface area contributed by atoms with Gasteiger partial charge in [-0.05, 0) is 49.1 Å². The third-order valence-electron chi connectivity index (χ3n) is 6.39. The minimum absolute atomic E-state index is 0.0860. The van der Waals surface area contributed by atoms with Crippen molar-refractivity contribution in [1.29, 1.82) is 0 Å². The maximum atomic E-state index is 13.4. The van der Waals surface area contributed by atoms with E-state index >= 15 is 0 Å². The summed E-state index contributed by atoms with van der Waals surface area (Å²) < 4.78 is 0. The summed E-state index contributed by atoms with van der Waals surface area (Å²) in [5.74, 6) is -0.0908. The van der Waals surface area contributed by atoms with Crippen molar-refractivity contribution in [3.63, 3.8) is 0 Å². The normalized spacial score (nSPS) is 29.7. The molecule has 0 aliphatic heterocycles. The van der Waals surface area contributed by atoms with Crippen LogP contribution in [0.2, 0.25) is 5.28 Å². The Morgan fingerprint density at radius 3 is 1.96 bits per heavy atom. The molecule has 130 valence electrons. The smallest absolute Gasteiger partial charge is 0.200 e. The molecule has 3 aliphatic carbocycles. The van der Waals surface area contributed by atoms with E-state index in [-0.39, 0.29) is 28.7 Å². The molecule has 1 N–H and O–H groups in total. The molecule has 0 bridgehead atoms. The molecule has 1 aromatic rings. The number of rotatable bonds is 2. The highest BCUT2D eigenvalue weighted by Crippen LogP contribution is 2.45. The lowest BCUT2D eigenvalue weighted by Crippen LogP contribution is -2.43. The van der Waals surface area contributed by atoms with Crippen LogP contribution in [0.1, 0.15) is 86.3 Å². The summed E-state index contributed by atoms with van der Waals surface area (Å²) in [6.07, 6.45) is 11.2. The first-order chi connectivity index (χ1) is 11.7. The Balaban J connectivity index is 1.72. The van der Waals surface area contributed by atoms with E-state index < -0.39 is 5.92 Å². The molecule has 2 fully saturated rings. The number of aromatic amines is 1. The van der Waals surface area contributed by atoms with Crippen LogP contribution in [0, 0.1) is 17.8 Å². The number of aromatic nitrogens is 2. The fraction of sp³-hybridized carbons (Fsp3) is 0.737. The van der Waals surface area contributed by atoms with Gasteiger partial charge in [0.15, 0.2) is 11.6 Å². The molecule has 24 heavy (non-hydrogen) atoms. The number of H-pyrrole nitrogens is 1. The van der Waals surface area contributed by atoms with Gasteiger partial charge in [0.25, 0.3) is 0 Å². The molecule has 2 unspecified atom stereocenters. The van der Waals surface area contributed by atoms with Crippen molar-refractivity contribution in [2.75, 3.05) is 0 Å². The van der Waals surface area contributed by atoms with Gasteiger partial charge in [0.1, 0.15) is 5.69 Å². The van der Waals surface area contributed by atoms with Crippen molar-refractivity contribution >= 4 is 23.2 Å². The lowest BCUT2D eigenvalue weighted by Gasteiger charge is -2.37. The summed E-state index contributed by atoms with van der Waals surface area (Å²) in [7, 11) is 0. The van der Waals surface area contributed by atoms with Crippen molar-refractivity contribution < 1.29 is 9.59 Å². The van der Waals surface area contributed by atoms with Crippen molar-refractivity contribution in [3.05, 3.63) is 16.7 Å². The minimum atomic E-state index is -0.482. The first-order valence-corrected chi connectivity index (χ1v) is 9.88. The van der Waals surface area contributed by atoms with Gasteiger partial charge in [-0.1, -0.05) is 38.5 Å². The lowest BCUT2D eigenvalue weighted by atomic mass is 9.64. The molecule has 0 aromatic carbocycles. The predicted octanol–water partition coefficient (Wildman–Crippen LogP) is 4.69. The number of carbonyl (C=O) groups excluding carboxylic acids is 2. The van der Waals surface area contributed by atoms with E-state index in [1.165, 1.54) is 25.7 Å². The molecule has 0 saturated heterocycles. The van der Waals surface area contributed by atoms with Crippen LogP contribution in [-0.2, 0) is 4.79 Å². The van der Waals surface area contributed by atoms with Crippen LogP contribution in [0.4, 0.5) is 0 Å². The predicted molar refractivity (Wildman–Crippen MR) is 92.3 cm³/mol. The first kappa shape index (κ1) is 16.3. The number of Topliss-reactive ketones (excluding diaryl/α,β-unsaturated/α-hetero) is 2. The molecule has 5 heteroatoms. The van der Waals surface area contributed by atoms with Gasteiger partial charge in [0, 0.05) is 0 Å². The van der Waals surface area contributed by atoms with E-state index in [0.717, 1.165) is 38.5 Å². The summed E-state index contributed by atoms with van der Waals surface area (Å²) in [6.45, 7) is 0. The highest BCUT2D eigenvalue weighted by molar-refractivity contribution is 6.29. The highest BCUT2D eigenvalue weighted by atomic mass is 35.5. The van der Waals surface area contributed by atoms with Crippen molar-refractivity contribution in [3.8, 4) is 0 Å². The topological polar surface area (TPSA) is 62.8 Å². The van der Waals surface area contributed by atoms with Crippen LogP contribution in [0.3, 0.4) is 0 Å². The number of fused-ring (bicyclic) bond motifs is 1. The highest BCUT2D eigenvalue weighted by Gasteiger charge is 2.49. The molecule has 3 aliphatic rings. The summed E-state index contributed by atoms with van der Waals surface area (Å²) in [6, 6.07) is 0. The average Bonchev–Trinajstić information content (AvgIpc) is 2.98. The average molecular weight is 349 g/mol. The zero-order chi connectivity index (χ0) is 16.7. The van der Waals surface area contributed by atoms with E-state index in [0.29, 0.717) is 17.3 Å². The Morgan fingerprint density at radius 1 is 0.833 bits per heavy atom. The zero-order valence-electron chi connectivity index (χ0n) is 14.0. The van der Waals surface area contributed by atoms with Gasteiger partial charge in [-0.25, -0.2) is 4.98 Å². The van der Waals surface area contributed by atoms with Gasteiger partial charge in [0.2, 0.25) is 5.28 Å². The minimum Gasteiger partial charge on any atom is -0.331 e. The fourth-order valence-corrected chi connectivity index (χ4v) is 5.42. The van der Waals surface area contributed by atoms with E-state index in [1.54, 1.807) is 0 Å². The molecule has 2 atom stereocenters. The van der Waals surface area contributed by atoms with Crippen molar-refractivity contribution in [2.45, 2.75) is 70.1 Å². The van der Waals surface area contributed by atoms with Gasteiger partial charge < -0.3 is 4.98 Å². The van der Waals surface area contributed by atoms with Gasteiger partial charge in [-0.3, -0.25) is 9.59 Å². The molecular weight excluding hydrogens is 324 g/mol. The second-order valence-electron chi connectivity index (χ2n) is 7.81. The Kier molecular flexibility index (Phi) is 4.50. The maximum Gasteiger partial charge on any atom is 0.200 e. The summed E-state index contributed by atoms with van der Waals surface area (Å²) >= 11 is 6.07. The van der Waals surface area contributed by atoms with Crippen LogP contribution in [0.25, 0.3) is 0 Å². The molecule has 1 heterocycles. The Bertz CT molecular complexity index is 642. The Hall–Kier alpha value is -1.16. The van der Waals surface area contributed by atoms with Crippen molar-refractivity contribution in [2.24, 2.45) is 17.8 Å². The third kappa shape index (κ3) is 2.73. The van der Waals surface area contributed by atoms with Crippen LogP contribution in [-0.4, -0.2) is 21.5 Å². The Labute approximate surface area is 147 Å². The number of hydrogen-bond acceptors (Lipinski definition) is 3. The summed E-state index contributed by atoms with van der Waals surface area (Å²) in [4.78, 5) is 33.7. The number of imidazole rings is 1. The summed E-state index contributed by atoms with van der Waals surface area (Å²) in [5, 5.41) is 0.242. The molecule has 2 saturated carbocycles. The molecule has 0 spiro atoms. The number of ketones is 2. The molecule has 4 nitrogen and oxygen atoms in total. The van der Waals surface area contributed by atoms with Crippen LogP contribution < -0.4 is 0 Å². The molecule has 4 rings (SSSR count). The van der Waals surface area contributed by atoms with Crippen LogP contribution >= 0.6 is 11.6 Å². The molecule has 0 amide bonds. The van der Waals surface area contributed by atoms with Gasteiger partial charge in [-0.15, -0.1) is 0 Å². The quantitative estimate of drug-likeness (QED) is 0.788. The van der Waals surface area contributed by atoms with Gasteiger partial charge in [0.05, 0.1) is 17.5 Å². The fourth-order valence-electron chi connectivity index (χ4n) is 5.23. The van der Waals surface area contributed by atoms with E-state index in [9.17, 15) is 9.59 Å². The molecule has 1 aromatic heterocycles. The second kappa shape index (κ2) is 6.62. The van der Waals surface area contributed by atoms with Crippen LogP contribution in [0.5, 0.6) is 0 Å². The maximum absolute atomic E-state index is 13.4. The van der Waals surface area contributed by atoms with E-state index in [1.807, 2.05) is 0 Å². The SMILES string of the molecule is O=C1c2nc(Cl)[nH]c2C(C2CCCCC2)C(=O)C1C1CCCCC1. The number of hydrogen-bond donors (Lipinski definition) is 1. The zero-order valence-corrected chi connectivity index (χ0v) is 14.8. The van der Waals surface area contributed by atoms with E-state index in [4.69, 9.17) is 11.6 Å². The first-order valence-electron chi connectivity index (χ1n) is 9.50. The van der Waals surface area contributed by atoms with Gasteiger partial charge in [-0.2, -0.15) is 0 Å². The number of nitrogens with one attached hydrogen (secondary N) is 1. The van der Waals surface area contributed by atoms with Gasteiger partial charge >= 0.3 is 0 Å². The number of nitrogens with zero attached hydrogens (tertiary/aromatic N) is 1. The van der Waals surface area contributed by atoms with Crippen LogP contribution in [0.15, 0.2) is 0 Å². The molecule has 0 radical (unpaired) electrons. The number of carbonyl (C=O) groups is 2. The second-order valence-corrected chi connectivity index (χ2v) is 8.17. The lowest BCUT2D eigenvalue weighted by molar-refractivity contribution is -0.126. The monoisotopic (exact) mass is 348 g/mol. The molecular formula is C19H25ClN2O2. The van der Waals surface area contributed by atoms with Crippen molar-refractivity contribution in [1.82, 2.24) is 9.97 Å². The summed E-state index contributed by atoms with van der Waals surface area (Å²) in [5.41, 5.74) is 1.15.